The minimum atomic E-state index is -0.436. The summed E-state index contributed by atoms with van der Waals surface area (Å²) in [6, 6.07) is 2.02. The smallest absolute Gasteiger partial charge is 0.0897 e. The summed E-state index contributed by atoms with van der Waals surface area (Å²) in [6.07, 6.45) is 2.78. The number of hydrogen-bond acceptors (Lipinski definition) is 3. The predicted molar refractivity (Wildman–Crippen MR) is 53.7 cm³/mol. The van der Waals surface area contributed by atoms with E-state index in [2.05, 4.69) is 10.00 Å². The van der Waals surface area contributed by atoms with Crippen molar-refractivity contribution in [1.29, 1.82) is 0 Å². The summed E-state index contributed by atoms with van der Waals surface area (Å²) in [5.41, 5.74) is 0.639. The quantitative estimate of drug-likeness (QED) is 0.758. The number of rotatable bonds is 3. The summed E-state index contributed by atoms with van der Waals surface area (Å²) in [5.74, 6) is 0. The molecule has 4 heteroatoms. The van der Waals surface area contributed by atoms with Crippen molar-refractivity contribution < 1.29 is 5.11 Å². The van der Waals surface area contributed by atoms with Crippen molar-refractivity contribution in [1.82, 2.24) is 14.7 Å². The Morgan fingerprint density at radius 2 is 2.29 bits per heavy atom. The van der Waals surface area contributed by atoms with Gasteiger partial charge in [0.25, 0.3) is 0 Å². The molecular formula is C10H17N3O. The average Bonchev–Trinajstić information content (AvgIpc) is 2.48. The summed E-state index contributed by atoms with van der Waals surface area (Å²) in [6.45, 7) is 4.43. The van der Waals surface area contributed by atoms with Crippen molar-refractivity contribution in [3.8, 4) is 0 Å². The molecule has 1 fully saturated rings. The molecule has 1 saturated heterocycles. The number of likely N-dealkylation sites (tertiary alicyclic amines) is 1. The van der Waals surface area contributed by atoms with Crippen LogP contribution in [0.4, 0.5) is 0 Å². The average molecular weight is 195 g/mol. The second-order valence-electron chi connectivity index (χ2n) is 4.20. The molecule has 0 spiro atoms. The highest BCUT2D eigenvalue weighted by atomic mass is 16.3. The van der Waals surface area contributed by atoms with Gasteiger partial charge in [-0.2, -0.15) is 5.10 Å². The number of aliphatic hydroxyl groups is 1. The molecule has 1 N–H and O–H groups in total. The van der Waals surface area contributed by atoms with Gasteiger partial charge in [0.05, 0.1) is 11.3 Å². The van der Waals surface area contributed by atoms with E-state index in [0.29, 0.717) is 0 Å². The molecule has 78 valence electrons. The fourth-order valence-electron chi connectivity index (χ4n) is 1.90. The lowest BCUT2D eigenvalue weighted by Gasteiger charge is -2.45. The van der Waals surface area contributed by atoms with Crippen molar-refractivity contribution in [3.05, 3.63) is 18.0 Å². The zero-order valence-corrected chi connectivity index (χ0v) is 8.77. The van der Waals surface area contributed by atoms with Crippen LogP contribution in [0.3, 0.4) is 0 Å². The number of nitrogens with zero attached hydrogens (tertiary/aromatic N) is 3. The Hall–Kier alpha value is -0.870. The third-order valence-electron chi connectivity index (χ3n) is 2.85. The van der Waals surface area contributed by atoms with Gasteiger partial charge in [0.2, 0.25) is 0 Å². The van der Waals surface area contributed by atoms with Crippen LogP contribution in [0.25, 0.3) is 0 Å². The second kappa shape index (κ2) is 3.37. The first-order valence-electron chi connectivity index (χ1n) is 5.04. The van der Waals surface area contributed by atoms with Gasteiger partial charge in [-0.25, -0.2) is 0 Å². The van der Waals surface area contributed by atoms with E-state index in [1.807, 2.05) is 26.2 Å². The van der Waals surface area contributed by atoms with Crippen LogP contribution in [-0.4, -0.2) is 38.5 Å². The van der Waals surface area contributed by atoms with Crippen LogP contribution in [0.15, 0.2) is 12.3 Å². The molecule has 0 amide bonds. The summed E-state index contributed by atoms with van der Waals surface area (Å²) in [5, 5.41) is 14.1. The number of hydrogen-bond donors (Lipinski definition) is 1. The maximum atomic E-state index is 9.81. The number of aromatic nitrogens is 2. The van der Waals surface area contributed by atoms with E-state index in [1.165, 1.54) is 0 Å². The second-order valence-corrected chi connectivity index (χ2v) is 4.20. The van der Waals surface area contributed by atoms with E-state index >= 15 is 0 Å². The van der Waals surface area contributed by atoms with Crippen molar-refractivity contribution in [3.63, 3.8) is 0 Å². The molecule has 0 bridgehead atoms. The molecular weight excluding hydrogens is 178 g/mol. The standard InChI is InChI=1S/C10H17N3O/c1-3-10(14)7-13(8-10)6-9-4-5-12(2)11-9/h4-5,14H,3,6-8H2,1-2H3. The van der Waals surface area contributed by atoms with Gasteiger partial charge in [-0.3, -0.25) is 9.58 Å². The molecule has 0 aromatic carbocycles. The molecule has 2 rings (SSSR count). The normalized spacial score (nSPS) is 20.8. The third kappa shape index (κ3) is 1.81. The lowest BCUT2D eigenvalue weighted by molar-refractivity contribution is -0.103. The van der Waals surface area contributed by atoms with Gasteiger partial charge in [-0.1, -0.05) is 6.92 Å². The number of β-amino-alcohol motifs (C(OH)–C–C–N with tert-alkyl or cyclic N) is 1. The van der Waals surface area contributed by atoms with Crippen molar-refractivity contribution in [2.75, 3.05) is 13.1 Å². The van der Waals surface area contributed by atoms with E-state index < -0.39 is 5.60 Å². The van der Waals surface area contributed by atoms with Crippen molar-refractivity contribution >= 4 is 0 Å². The molecule has 0 radical (unpaired) electrons. The Kier molecular flexibility index (Phi) is 2.33. The molecule has 0 saturated carbocycles. The van der Waals surface area contributed by atoms with Gasteiger partial charge >= 0.3 is 0 Å². The monoisotopic (exact) mass is 195 g/mol. The van der Waals surface area contributed by atoms with Gasteiger partial charge in [0, 0.05) is 32.9 Å². The van der Waals surface area contributed by atoms with Crippen molar-refractivity contribution in [2.24, 2.45) is 7.05 Å². The molecule has 1 aromatic rings. The molecule has 1 aromatic heterocycles. The fraction of sp³-hybridized carbons (Fsp3) is 0.700. The van der Waals surface area contributed by atoms with Gasteiger partial charge in [-0.05, 0) is 12.5 Å². The Balaban J connectivity index is 1.85. The molecule has 0 atom stereocenters. The SMILES string of the molecule is CCC1(O)CN(Cc2ccn(C)n2)C1. The van der Waals surface area contributed by atoms with E-state index in [9.17, 15) is 5.11 Å². The van der Waals surface area contributed by atoms with E-state index in [0.717, 1.165) is 31.7 Å². The topological polar surface area (TPSA) is 41.3 Å². The largest absolute Gasteiger partial charge is 0.387 e. The highest BCUT2D eigenvalue weighted by Gasteiger charge is 2.39. The minimum absolute atomic E-state index is 0.436. The highest BCUT2D eigenvalue weighted by Crippen LogP contribution is 2.25. The molecule has 0 unspecified atom stereocenters. The van der Waals surface area contributed by atoms with E-state index in [4.69, 9.17) is 0 Å². The minimum Gasteiger partial charge on any atom is -0.387 e. The first kappa shape index (κ1) is 9.68. The fourth-order valence-corrected chi connectivity index (χ4v) is 1.90. The third-order valence-corrected chi connectivity index (χ3v) is 2.85. The summed E-state index contributed by atoms with van der Waals surface area (Å²) < 4.78 is 1.81. The molecule has 4 nitrogen and oxygen atoms in total. The van der Waals surface area contributed by atoms with Gasteiger partial charge in [0.15, 0.2) is 0 Å². The lowest BCUT2D eigenvalue weighted by Crippen LogP contribution is -2.60. The van der Waals surface area contributed by atoms with Gasteiger partial charge in [-0.15, -0.1) is 0 Å². The van der Waals surface area contributed by atoms with Crippen LogP contribution in [0, 0.1) is 0 Å². The van der Waals surface area contributed by atoms with Crippen LogP contribution in [0.1, 0.15) is 19.0 Å². The van der Waals surface area contributed by atoms with Crippen LogP contribution >= 0.6 is 0 Å². The number of aryl methyl sites for hydroxylation is 1. The lowest BCUT2D eigenvalue weighted by atomic mass is 9.91. The Labute approximate surface area is 84.1 Å². The van der Waals surface area contributed by atoms with Gasteiger partial charge in [0.1, 0.15) is 0 Å². The van der Waals surface area contributed by atoms with E-state index in [-0.39, 0.29) is 0 Å². The summed E-state index contributed by atoms with van der Waals surface area (Å²) in [7, 11) is 1.92. The Morgan fingerprint density at radius 3 is 2.79 bits per heavy atom. The van der Waals surface area contributed by atoms with Crippen LogP contribution < -0.4 is 0 Å². The molecule has 1 aliphatic heterocycles. The Bertz CT molecular complexity index is 315. The zero-order valence-electron chi connectivity index (χ0n) is 8.77. The Morgan fingerprint density at radius 1 is 1.57 bits per heavy atom. The first-order valence-corrected chi connectivity index (χ1v) is 5.04. The maximum Gasteiger partial charge on any atom is 0.0897 e. The van der Waals surface area contributed by atoms with Crippen LogP contribution in [0.2, 0.25) is 0 Å². The highest BCUT2D eigenvalue weighted by molar-refractivity contribution is 5.02. The van der Waals surface area contributed by atoms with E-state index in [1.54, 1.807) is 4.68 Å². The van der Waals surface area contributed by atoms with Crippen LogP contribution in [-0.2, 0) is 13.6 Å². The summed E-state index contributed by atoms with van der Waals surface area (Å²) in [4.78, 5) is 2.21. The molecule has 0 aliphatic carbocycles. The maximum absolute atomic E-state index is 9.81. The summed E-state index contributed by atoms with van der Waals surface area (Å²) >= 11 is 0. The van der Waals surface area contributed by atoms with Gasteiger partial charge < -0.3 is 5.11 Å². The zero-order chi connectivity index (χ0) is 10.2. The molecule has 14 heavy (non-hydrogen) atoms. The predicted octanol–water partition coefficient (Wildman–Crippen LogP) is 0.377. The first-order chi connectivity index (χ1) is 6.61. The van der Waals surface area contributed by atoms with Crippen LogP contribution in [0.5, 0.6) is 0 Å². The van der Waals surface area contributed by atoms with Crippen molar-refractivity contribution in [2.45, 2.75) is 25.5 Å². The molecule has 2 heterocycles. The molecule has 1 aliphatic rings.